The summed E-state index contributed by atoms with van der Waals surface area (Å²) in [6, 6.07) is 0.905. The van der Waals surface area contributed by atoms with Crippen LogP contribution >= 0.6 is 0 Å². The van der Waals surface area contributed by atoms with Gasteiger partial charge in [-0.15, -0.1) is 0 Å². The van der Waals surface area contributed by atoms with Gasteiger partial charge in [0.05, 0.1) is 0 Å². The lowest BCUT2D eigenvalue weighted by molar-refractivity contribution is 0.169. The average Bonchev–Trinajstić information content (AvgIpc) is 2.35. The first kappa shape index (κ1) is 13.3. The van der Waals surface area contributed by atoms with Crippen LogP contribution < -0.4 is 5.32 Å². The zero-order chi connectivity index (χ0) is 12.0. The van der Waals surface area contributed by atoms with E-state index in [4.69, 9.17) is 0 Å². The zero-order valence-corrected chi connectivity index (χ0v) is 11.0. The Morgan fingerprint density at radius 2 is 1.81 bits per heavy atom. The first-order chi connectivity index (χ1) is 7.69. The molecule has 0 radical (unpaired) electrons. The average molecular weight is 226 g/mol. The van der Waals surface area contributed by atoms with Crippen molar-refractivity contribution in [3.8, 4) is 0 Å². The largest absolute Gasteiger partial charge is 0.335 e. The fraction of sp³-hybridized carbons (Fsp3) is 0.923. The molecule has 1 aliphatic carbocycles. The smallest absolute Gasteiger partial charge is 0.317 e. The SMILES string of the molecule is CCC(CC)NC(=O)N(C)C1CCCCC1. The van der Waals surface area contributed by atoms with Crippen molar-refractivity contribution < 1.29 is 4.79 Å². The van der Waals surface area contributed by atoms with Crippen molar-refractivity contribution in [3.05, 3.63) is 0 Å². The molecule has 0 bridgehead atoms. The van der Waals surface area contributed by atoms with Gasteiger partial charge < -0.3 is 10.2 Å². The van der Waals surface area contributed by atoms with Crippen molar-refractivity contribution in [2.24, 2.45) is 0 Å². The molecule has 3 nitrogen and oxygen atoms in total. The van der Waals surface area contributed by atoms with E-state index in [1.165, 1.54) is 32.1 Å². The summed E-state index contributed by atoms with van der Waals surface area (Å²) in [5, 5.41) is 3.10. The maximum absolute atomic E-state index is 12.0. The van der Waals surface area contributed by atoms with Crippen LogP contribution in [-0.2, 0) is 0 Å². The second-order valence-corrected chi connectivity index (χ2v) is 4.87. The standard InChI is InChI=1S/C13H26N2O/c1-4-11(5-2)14-13(16)15(3)12-9-7-6-8-10-12/h11-12H,4-10H2,1-3H3,(H,14,16). The summed E-state index contributed by atoms with van der Waals surface area (Å²) in [4.78, 5) is 13.9. The van der Waals surface area contributed by atoms with Crippen LogP contribution in [0.5, 0.6) is 0 Å². The summed E-state index contributed by atoms with van der Waals surface area (Å²) in [7, 11) is 1.94. The van der Waals surface area contributed by atoms with E-state index < -0.39 is 0 Å². The van der Waals surface area contributed by atoms with Gasteiger partial charge in [-0.25, -0.2) is 4.79 Å². The molecule has 1 saturated carbocycles. The summed E-state index contributed by atoms with van der Waals surface area (Å²) in [5.74, 6) is 0. The van der Waals surface area contributed by atoms with Crippen LogP contribution in [0.2, 0.25) is 0 Å². The molecule has 1 aliphatic rings. The lowest BCUT2D eigenvalue weighted by atomic mass is 9.95. The lowest BCUT2D eigenvalue weighted by Gasteiger charge is -2.32. The van der Waals surface area contributed by atoms with E-state index >= 15 is 0 Å². The van der Waals surface area contributed by atoms with Gasteiger partial charge in [0.15, 0.2) is 0 Å². The molecule has 0 aromatic carbocycles. The van der Waals surface area contributed by atoms with E-state index in [0.29, 0.717) is 12.1 Å². The molecule has 0 spiro atoms. The minimum absolute atomic E-state index is 0.112. The maximum Gasteiger partial charge on any atom is 0.317 e. The molecule has 1 rings (SSSR count). The number of hydrogen-bond acceptors (Lipinski definition) is 1. The molecular formula is C13H26N2O. The molecule has 0 aliphatic heterocycles. The molecule has 0 atom stereocenters. The number of carbonyl (C=O) groups excluding carboxylic acids is 1. The van der Waals surface area contributed by atoms with Gasteiger partial charge in [0.2, 0.25) is 0 Å². The Hall–Kier alpha value is -0.730. The summed E-state index contributed by atoms with van der Waals surface area (Å²) in [5.41, 5.74) is 0. The van der Waals surface area contributed by atoms with Crippen molar-refractivity contribution >= 4 is 6.03 Å². The zero-order valence-electron chi connectivity index (χ0n) is 11.0. The molecular weight excluding hydrogens is 200 g/mol. The highest BCUT2D eigenvalue weighted by Crippen LogP contribution is 2.21. The van der Waals surface area contributed by atoms with Crippen molar-refractivity contribution in [1.29, 1.82) is 0 Å². The highest BCUT2D eigenvalue weighted by atomic mass is 16.2. The summed E-state index contributed by atoms with van der Waals surface area (Å²) < 4.78 is 0. The van der Waals surface area contributed by atoms with Crippen molar-refractivity contribution in [3.63, 3.8) is 0 Å². The van der Waals surface area contributed by atoms with Crippen LogP contribution in [-0.4, -0.2) is 30.1 Å². The van der Waals surface area contributed by atoms with E-state index in [2.05, 4.69) is 19.2 Å². The molecule has 94 valence electrons. The van der Waals surface area contributed by atoms with Gasteiger partial charge in [-0.2, -0.15) is 0 Å². The van der Waals surface area contributed by atoms with Crippen LogP contribution in [0.4, 0.5) is 4.79 Å². The fourth-order valence-electron chi connectivity index (χ4n) is 2.40. The van der Waals surface area contributed by atoms with E-state index in [-0.39, 0.29) is 6.03 Å². The second-order valence-electron chi connectivity index (χ2n) is 4.87. The number of urea groups is 1. The van der Waals surface area contributed by atoms with Crippen LogP contribution in [0.25, 0.3) is 0 Å². The Bertz CT molecular complexity index is 208. The van der Waals surface area contributed by atoms with Gasteiger partial charge in [-0.05, 0) is 25.7 Å². The second kappa shape index (κ2) is 6.77. The van der Waals surface area contributed by atoms with Gasteiger partial charge in [0.1, 0.15) is 0 Å². The third-order valence-electron chi connectivity index (χ3n) is 3.76. The van der Waals surface area contributed by atoms with Gasteiger partial charge in [-0.1, -0.05) is 33.1 Å². The van der Waals surface area contributed by atoms with Crippen LogP contribution in [0.3, 0.4) is 0 Å². The summed E-state index contributed by atoms with van der Waals surface area (Å²) >= 11 is 0. The minimum atomic E-state index is 0.112. The van der Waals surface area contributed by atoms with E-state index in [1.807, 2.05) is 11.9 Å². The van der Waals surface area contributed by atoms with Crippen LogP contribution in [0.15, 0.2) is 0 Å². The van der Waals surface area contributed by atoms with Crippen molar-refractivity contribution in [1.82, 2.24) is 10.2 Å². The van der Waals surface area contributed by atoms with Gasteiger partial charge in [0, 0.05) is 19.1 Å². The molecule has 0 aromatic rings. The number of carbonyl (C=O) groups is 1. The third-order valence-corrected chi connectivity index (χ3v) is 3.76. The number of nitrogens with zero attached hydrogens (tertiary/aromatic N) is 1. The van der Waals surface area contributed by atoms with Crippen molar-refractivity contribution in [2.45, 2.75) is 70.9 Å². The first-order valence-corrected chi connectivity index (χ1v) is 6.72. The van der Waals surface area contributed by atoms with E-state index in [1.54, 1.807) is 0 Å². The van der Waals surface area contributed by atoms with Crippen LogP contribution in [0.1, 0.15) is 58.8 Å². The molecule has 3 heteroatoms. The molecule has 0 aromatic heterocycles. The van der Waals surface area contributed by atoms with Gasteiger partial charge in [0.25, 0.3) is 0 Å². The minimum Gasteiger partial charge on any atom is -0.335 e. The predicted octanol–water partition coefficient (Wildman–Crippen LogP) is 3.15. The van der Waals surface area contributed by atoms with Gasteiger partial charge in [-0.3, -0.25) is 0 Å². The number of amides is 2. The Labute approximate surface area is 99.6 Å². The Kier molecular flexibility index (Phi) is 5.64. The third kappa shape index (κ3) is 3.69. The highest BCUT2D eigenvalue weighted by molar-refractivity contribution is 5.74. The topological polar surface area (TPSA) is 32.3 Å². The normalized spacial score (nSPS) is 17.5. The lowest BCUT2D eigenvalue weighted by Crippen LogP contribution is -2.47. The molecule has 2 amide bonds. The first-order valence-electron chi connectivity index (χ1n) is 6.72. The maximum atomic E-state index is 12.0. The fourth-order valence-corrected chi connectivity index (χ4v) is 2.40. The Morgan fingerprint density at radius 1 is 1.25 bits per heavy atom. The predicted molar refractivity (Wildman–Crippen MR) is 67.5 cm³/mol. The quantitative estimate of drug-likeness (QED) is 0.784. The summed E-state index contributed by atoms with van der Waals surface area (Å²) in [6.45, 7) is 4.24. The van der Waals surface area contributed by atoms with Crippen LogP contribution in [0, 0.1) is 0 Å². The summed E-state index contributed by atoms with van der Waals surface area (Å²) in [6.07, 6.45) is 8.25. The number of nitrogens with one attached hydrogen (secondary N) is 1. The monoisotopic (exact) mass is 226 g/mol. The Balaban J connectivity index is 2.39. The number of rotatable bonds is 4. The van der Waals surface area contributed by atoms with E-state index in [0.717, 1.165) is 12.8 Å². The molecule has 0 heterocycles. The molecule has 1 fully saturated rings. The van der Waals surface area contributed by atoms with Crippen molar-refractivity contribution in [2.75, 3.05) is 7.05 Å². The number of hydrogen-bond donors (Lipinski definition) is 1. The molecule has 0 unspecified atom stereocenters. The highest BCUT2D eigenvalue weighted by Gasteiger charge is 2.22. The molecule has 16 heavy (non-hydrogen) atoms. The molecule has 0 saturated heterocycles. The Morgan fingerprint density at radius 3 is 2.31 bits per heavy atom. The van der Waals surface area contributed by atoms with E-state index in [9.17, 15) is 4.79 Å². The van der Waals surface area contributed by atoms with Gasteiger partial charge >= 0.3 is 6.03 Å². The molecule has 1 N–H and O–H groups in total.